The van der Waals surface area contributed by atoms with Gasteiger partial charge in [0.15, 0.2) is 5.13 Å². The minimum atomic E-state index is 0.273. The molecule has 2 aromatic heterocycles. The zero-order chi connectivity index (χ0) is 11.7. The van der Waals surface area contributed by atoms with Crippen molar-refractivity contribution in [1.82, 2.24) is 9.55 Å². The highest BCUT2D eigenvalue weighted by molar-refractivity contribution is 7.12. The highest BCUT2D eigenvalue weighted by Crippen LogP contribution is 2.25. The predicted octanol–water partition coefficient (Wildman–Crippen LogP) is 3.31. The van der Waals surface area contributed by atoms with Crippen LogP contribution < -0.4 is 0 Å². The minimum Gasteiger partial charge on any atom is -0.508 e. The number of phenolic OH excluding ortho intramolecular Hbond substituents is 1. The van der Waals surface area contributed by atoms with Crippen LogP contribution in [0.5, 0.6) is 5.75 Å². The summed E-state index contributed by atoms with van der Waals surface area (Å²) in [7, 11) is 0. The van der Waals surface area contributed by atoms with Gasteiger partial charge in [-0.15, -0.1) is 11.3 Å². The Morgan fingerprint density at radius 1 is 1.06 bits per heavy atom. The average molecular weight is 242 g/mol. The Bertz CT molecular complexity index is 611. The van der Waals surface area contributed by atoms with Crippen molar-refractivity contribution in [3.05, 3.63) is 54.2 Å². The number of phenols is 1. The molecule has 0 amide bonds. The summed E-state index contributed by atoms with van der Waals surface area (Å²) in [6, 6.07) is 11.0. The number of nitrogens with zero attached hydrogens (tertiary/aromatic N) is 2. The third-order valence-electron chi connectivity index (χ3n) is 2.48. The number of aromatic hydroxyl groups is 1. The molecule has 0 aliphatic rings. The Hall–Kier alpha value is -2.07. The molecule has 0 atom stereocenters. The number of hydrogen-bond acceptors (Lipinski definition) is 3. The van der Waals surface area contributed by atoms with Crippen LogP contribution in [0.1, 0.15) is 0 Å². The van der Waals surface area contributed by atoms with Gasteiger partial charge in [-0.3, -0.25) is 0 Å². The Morgan fingerprint density at radius 2 is 1.76 bits per heavy atom. The predicted molar refractivity (Wildman–Crippen MR) is 68.5 cm³/mol. The molecule has 2 heterocycles. The highest BCUT2D eigenvalue weighted by atomic mass is 32.1. The molecule has 3 rings (SSSR count). The van der Waals surface area contributed by atoms with E-state index in [-0.39, 0.29) is 5.75 Å². The molecule has 0 aliphatic carbocycles. The van der Waals surface area contributed by atoms with Crippen molar-refractivity contribution in [3.63, 3.8) is 0 Å². The number of hydrogen-bond donors (Lipinski definition) is 1. The smallest absolute Gasteiger partial charge is 0.194 e. The van der Waals surface area contributed by atoms with E-state index < -0.39 is 0 Å². The van der Waals surface area contributed by atoms with Crippen LogP contribution in [0.15, 0.2) is 54.2 Å². The first-order valence-corrected chi connectivity index (χ1v) is 6.09. The Morgan fingerprint density at radius 3 is 2.47 bits per heavy atom. The van der Waals surface area contributed by atoms with E-state index in [1.54, 1.807) is 23.5 Å². The third kappa shape index (κ3) is 1.94. The van der Waals surface area contributed by atoms with Gasteiger partial charge in [0.25, 0.3) is 0 Å². The fourth-order valence-electron chi connectivity index (χ4n) is 1.61. The molecule has 1 N–H and O–H groups in total. The molecule has 0 saturated carbocycles. The van der Waals surface area contributed by atoms with Gasteiger partial charge in [0, 0.05) is 23.3 Å². The van der Waals surface area contributed by atoms with E-state index in [1.807, 2.05) is 46.6 Å². The lowest BCUT2D eigenvalue weighted by atomic mass is 10.2. The van der Waals surface area contributed by atoms with Crippen molar-refractivity contribution >= 4 is 11.3 Å². The molecule has 0 bridgehead atoms. The quantitative estimate of drug-likeness (QED) is 0.748. The molecule has 4 heteroatoms. The molecule has 0 unspecified atom stereocenters. The van der Waals surface area contributed by atoms with Crippen LogP contribution in [0.3, 0.4) is 0 Å². The van der Waals surface area contributed by atoms with Gasteiger partial charge in [-0.2, -0.15) is 0 Å². The van der Waals surface area contributed by atoms with Crippen molar-refractivity contribution in [2.75, 3.05) is 0 Å². The van der Waals surface area contributed by atoms with Crippen molar-refractivity contribution in [3.8, 4) is 22.1 Å². The molecule has 0 fully saturated rings. The van der Waals surface area contributed by atoms with Crippen LogP contribution in [0.2, 0.25) is 0 Å². The summed E-state index contributed by atoms with van der Waals surface area (Å²) in [4.78, 5) is 4.55. The van der Waals surface area contributed by atoms with Gasteiger partial charge in [0.05, 0.1) is 5.69 Å². The number of aromatic nitrogens is 2. The van der Waals surface area contributed by atoms with E-state index in [0.29, 0.717) is 0 Å². The first kappa shape index (κ1) is 10.1. The lowest BCUT2D eigenvalue weighted by Crippen LogP contribution is -1.87. The van der Waals surface area contributed by atoms with E-state index in [4.69, 9.17) is 0 Å². The van der Waals surface area contributed by atoms with E-state index in [0.717, 1.165) is 16.4 Å². The fourth-order valence-corrected chi connectivity index (χ4v) is 2.41. The Kier molecular flexibility index (Phi) is 2.42. The Balaban J connectivity index is 1.98. The van der Waals surface area contributed by atoms with Crippen LogP contribution in [0, 0.1) is 0 Å². The second-order valence-corrected chi connectivity index (χ2v) is 4.49. The van der Waals surface area contributed by atoms with Gasteiger partial charge in [-0.1, -0.05) is 0 Å². The lowest BCUT2D eigenvalue weighted by Gasteiger charge is -1.97. The lowest BCUT2D eigenvalue weighted by molar-refractivity contribution is 0.475. The molecule has 3 aromatic rings. The topological polar surface area (TPSA) is 38.0 Å². The molecule has 0 aliphatic heterocycles. The summed E-state index contributed by atoms with van der Waals surface area (Å²) in [5.41, 5.74) is 1.94. The highest BCUT2D eigenvalue weighted by Gasteiger charge is 2.05. The first-order valence-electron chi connectivity index (χ1n) is 5.21. The van der Waals surface area contributed by atoms with Gasteiger partial charge in [-0.25, -0.2) is 4.98 Å². The van der Waals surface area contributed by atoms with Crippen molar-refractivity contribution < 1.29 is 5.11 Å². The summed E-state index contributed by atoms with van der Waals surface area (Å²) in [5, 5.41) is 12.2. The molecule has 17 heavy (non-hydrogen) atoms. The number of thiazole rings is 1. The fraction of sp³-hybridized carbons (Fsp3) is 0. The number of benzene rings is 1. The van der Waals surface area contributed by atoms with Gasteiger partial charge in [-0.05, 0) is 36.4 Å². The van der Waals surface area contributed by atoms with Crippen LogP contribution >= 0.6 is 11.3 Å². The minimum absolute atomic E-state index is 0.273. The van der Waals surface area contributed by atoms with Crippen LogP contribution in [0.4, 0.5) is 0 Å². The van der Waals surface area contributed by atoms with Crippen molar-refractivity contribution in [1.29, 1.82) is 0 Å². The van der Waals surface area contributed by atoms with Crippen LogP contribution in [-0.2, 0) is 0 Å². The summed E-state index contributed by atoms with van der Waals surface area (Å²) in [5.74, 6) is 0.273. The van der Waals surface area contributed by atoms with E-state index in [2.05, 4.69) is 4.98 Å². The van der Waals surface area contributed by atoms with E-state index >= 15 is 0 Å². The summed E-state index contributed by atoms with van der Waals surface area (Å²) >= 11 is 1.60. The maximum Gasteiger partial charge on any atom is 0.194 e. The largest absolute Gasteiger partial charge is 0.508 e. The molecule has 0 radical (unpaired) electrons. The maximum atomic E-state index is 9.24. The summed E-state index contributed by atoms with van der Waals surface area (Å²) in [6.07, 6.45) is 3.94. The Labute approximate surface area is 103 Å². The standard InChI is InChI=1S/C13H10N2OS/c16-11-5-3-10(4-6-11)12-9-17-13(14-12)15-7-1-2-8-15/h1-9,16H. The van der Waals surface area contributed by atoms with Crippen molar-refractivity contribution in [2.45, 2.75) is 0 Å². The molecular weight excluding hydrogens is 232 g/mol. The average Bonchev–Trinajstić information content (AvgIpc) is 3.00. The van der Waals surface area contributed by atoms with E-state index in [1.165, 1.54) is 0 Å². The van der Waals surface area contributed by atoms with Crippen LogP contribution in [0.25, 0.3) is 16.4 Å². The molecule has 0 spiro atoms. The summed E-state index contributed by atoms with van der Waals surface area (Å²) < 4.78 is 1.98. The monoisotopic (exact) mass is 242 g/mol. The zero-order valence-corrected chi connectivity index (χ0v) is 9.76. The van der Waals surface area contributed by atoms with Gasteiger partial charge in [0.2, 0.25) is 0 Å². The van der Waals surface area contributed by atoms with Gasteiger partial charge in [0.1, 0.15) is 5.75 Å². The van der Waals surface area contributed by atoms with E-state index in [9.17, 15) is 5.11 Å². The third-order valence-corrected chi connectivity index (χ3v) is 3.33. The van der Waals surface area contributed by atoms with Gasteiger partial charge < -0.3 is 9.67 Å². The van der Waals surface area contributed by atoms with Crippen molar-refractivity contribution in [2.24, 2.45) is 0 Å². The SMILES string of the molecule is Oc1ccc(-c2csc(-n3cccc3)n2)cc1. The number of rotatable bonds is 2. The van der Waals surface area contributed by atoms with Gasteiger partial charge >= 0.3 is 0 Å². The molecular formula is C13H10N2OS. The molecule has 84 valence electrons. The zero-order valence-electron chi connectivity index (χ0n) is 8.95. The molecule has 0 saturated heterocycles. The second-order valence-electron chi connectivity index (χ2n) is 3.65. The maximum absolute atomic E-state index is 9.24. The normalized spacial score (nSPS) is 10.6. The first-order chi connectivity index (χ1) is 8.33. The molecule has 1 aromatic carbocycles. The second kappa shape index (κ2) is 4.07. The molecule has 3 nitrogen and oxygen atoms in total. The van der Waals surface area contributed by atoms with Crippen LogP contribution in [-0.4, -0.2) is 14.7 Å². The summed E-state index contributed by atoms with van der Waals surface area (Å²) in [6.45, 7) is 0.